The maximum Gasteiger partial charge on any atom is 0.255 e. The molecule has 124 valence electrons. The molecule has 7 heteroatoms. The van der Waals surface area contributed by atoms with E-state index in [1.54, 1.807) is 22.7 Å². The fourth-order valence-electron chi connectivity index (χ4n) is 3.07. The van der Waals surface area contributed by atoms with E-state index in [2.05, 4.69) is 21.8 Å². The van der Waals surface area contributed by atoms with Crippen LogP contribution in [0.1, 0.15) is 26.8 Å². The molecule has 1 aliphatic rings. The zero-order chi connectivity index (χ0) is 16.7. The Morgan fingerprint density at radius 1 is 1.33 bits per heavy atom. The van der Waals surface area contributed by atoms with E-state index in [9.17, 15) is 4.79 Å². The van der Waals surface area contributed by atoms with Gasteiger partial charge >= 0.3 is 0 Å². The molecule has 0 bridgehead atoms. The summed E-state index contributed by atoms with van der Waals surface area (Å²) in [5.41, 5.74) is 2.84. The normalized spacial score (nSPS) is 14.8. The molecule has 0 spiro atoms. The molecule has 0 amide bonds. The van der Waals surface area contributed by atoms with Gasteiger partial charge in [-0.25, -0.2) is 9.97 Å². The Hall–Kier alpha value is -1.83. The van der Waals surface area contributed by atoms with Crippen molar-refractivity contribution in [2.45, 2.75) is 33.4 Å². The highest BCUT2D eigenvalue weighted by Gasteiger charge is 2.22. The van der Waals surface area contributed by atoms with Gasteiger partial charge in [-0.1, -0.05) is 6.07 Å². The molecule has 0 aromatic carbocycles. The van der Waals surface area contributed by atoms with Gasteiger partial charge < -0.3 is 4.98 Å². The van der Waals surface area contributed by atoms with Crippen LogP contribution in [0.5, 0.6) is 0 Å². The van der Waals surface area contributed by atoms with Crippen LogP contribution in [0.3, 0.4) is 0 Å². The van der Waals surface area contributed by atoms with Gasteiger partial charge in [0.1, 0.15) is 0 Å². The molecule has 0 atom stereocenters. The minimum Gasteiger partial charge on any atom is -0.306 e. The predicted molar refractivity (Wildman–Crippen MR) is 97.6 cm³/mol. The Morgan fingerprint density at radius 2 is 2.21 bits per heavy atom. The zero-order valence-corrected chi connectivity index (χ0v) is 15.3. The first-order chi connectivity index (χ1) is 11.6. The second-order valence-corrected chi connectivity index (χ2v) is 8.25. The maximum atomic E-state index is 12.5. The Bertz CT molecular complexity index is 927. The lowest BCUT2D eigenvalue weighted by atomic mass is 10.1. The van der Waals surface area contributed by atoms with Gasteiger partial charge in [-0.2, -0.15) is 0 Å². The van der Waals surface area contributed by atoms with E-state index in [0.717, 1.165) is 46.3 Å². The van der Waals surface area contributed by atoms with Crippen LogP contribution in [-0.4, -0.2) is 26.4 Å². The lowest BCUT2D eigenvalue weighted by molar-refractivity contribution is 0.243. The van der Waals surface area contributed by atoms with Gasteiger partial charge in [-0.05, 0) is 25.3 Å². The summed E-state index contributed by atoms with van der Waals surface area (Å²) >= 11 is 3.33. The number of fused-ring (bicyclic) bond motifs is 1. The number of aromatic amines is 1. The molecule has 24 heavy (non-hydrogen) atoms. The van der Waals surface area contributed by atoms with Crippen molar-refractivity contribution >= 4 is 22.7 Å². The summed E-state index contributed by atoms with van der Waals surface area (Å²) in [6.07, 6.45) is 0.814. The van der Waals surface area contributed by atoms with Crippen LogP contribution in [0.2, 0.25) is 0 Å². The molecule has 0 saturated heterocycles. The number of hydrogen-bond donors (Lipinski definition) is 1. The van der Waals surface area contributed by atoms with E-state index in [-0.39, 0.29) is 5.56 Å². The molecule has 0 aliphatic carbocycles. The second-order valence-electron chi connectivity index (χ2n) is 6.02. The van der Waals surface area contributed by atoms with E-state index in [1.165, 1.54) is 4.88 Å². The van der Waals surface area contributed by atoms with Gasteiger partial charge in [0.25, 0.3) is 5.56 Å². The van der Waals surface area contributed by atoms with Crippen LogP contribution in [0.4, 0.5) is 0 Å². The van der Waals surface area contributed by atoms with E-state index in [4.69, 9.17) is 4.98 Å². The molecule has 0 fully saturated rings. The molecule has 1 N–H and O–H groups in total. The van der Waals surface area contributed by atoms with Crippen molar-refractivity contribution in [3.63, 3.8) is 0 Å². The molecule has 0 unspecified atom stereocenters. The summed E-state index contributed by atoms with van der Waals surface area (Å²) in [5, 5.41) is 3.09. The molecular weight excluding hydrogens is 340 g/mol. The summed E-state index contributed by atoms with van der Waals surface area (Å²) < 4.78 is 0. The first kappa shape index (κ1) is 15.7. The SMILES string of the molecule is Cc1nc(C)c(CN2CCc3nc(-c4cccs4)[nH]c(=O)c3C2)s1. The van der Waals surface area contributed by atoms with Crippen LogP contribution in [0.25, 0.3) is 10.7 Å². The van der Waals surface area contributed by atoms with E-state index in [0.29, 0.717) is 12.4 Å². The van der Waals surface area contributed by atoms with Gasteiger partial charge in [0.2, 0.25) is 0 Å². The number of aryl methyl sites for hydroxylation is 2. The minimum absolute atomic E-state index is 0.00897. The second kappa shape index (κ2) is 6.23. The van der Waals surface area contributed by atoms with Crippen LogP contribution < -0.4 is 5.56 Å². The number of H-pyrrole nitrogens is 1. The van der Waals surface area contributed by atoms with Crippen molar-refractivity contribution in [3.8, 4) is 10.7 Å². The number of aromatic nitrogens is 3. The van der Waals surface area contributed by atoms with Gasteiger partial charge in [-0.3, -0.25) is 9.69 Å². The lowest BCUT2D eigenvalue weighted by Crippen LogP contribution is -2.35. The first-order valence-corrected chi connectivity index (χ1v) is 9.61. The van der Waals surface area contributed by atoms with Crippen LogP contribution in [-0.2, 0) is 19.5 Å². The minimum atomic E-state index is -0.00897. The average Bonchev–Trinajstić information content (AvgIpc) is 3.18. The average molecular weight is 358 g/mol. The van der Waals surface area contributed by atoms with Gasteiger partial charge in [-0.15, -0.1) is 22.7 Å². The van der Waals surface area contributed by atoms with Crippen molar-refractivity contribution in [3.05, 3.63) is 54.7 Å². The van der Waals surface area contributed by atoms with Gasteiger partial charge in [0.05, 0.1) is 26.8 Å². The molecule has 4 rings (SSSR count). The Morgan fingerprint density at radius 3 is 2.92 bits per heavy atom. The predicted octanol–water partition coefficient (Wildman–Crippen LogP) is 3.13. The van der Waals surface area contributed by atoms with Crippen LogP contribution in [0, 0.1) is 13.8 Å². The third-order valence-electron chi connectivity index (χ3n) is 4.27. The monoisotopic (exact) mass is 358 g/mol. The number of nitrogens with zero attached hydrogens (tertiary/aromatic N) is 3. The molecule has 4 heterocycles. The van der Waals surface area contributed by atoms with E-state index < -0.39 is 0 Å². The fraction of sp³-hybridized carbons (Fsp3) is 0.353. The number of thiophene rings is 1. The molecular formula is C17H18N4OS2. The summed E-state index contributed by atoms with van der Waals surface area (Å²) in [7, 11) is 0. The topological polar surface area (TPSA) is 61.9 Å². The highest BCUT2D eigenvalue weighted by molar-refractivity contribution is 7.13. The highest BCUT2D eigenvalue weighted by Crippen LogP contribution is 2.24. The third-order valence-corrected chi connectivity index (χ3v) is 6.20. The van der Waals surface area contributed by atoms with Crippen molar-refractivity contribution < 1.29 is 0 Å². The number of thiazole rings is 1. The standard InChI is InChI=1S/C17H18N4OS2/c1-10-15(24-11(2)18-10)9-21-6-5-13-12(8-21)17(22)20-16(19-13)14-4-3-7-23-14/h3-4,7H,5-6,8-9H2,1-2H3,(H,19,20,22). The summed E-state index contributed by atoms with van der Waals surface area (Å²) in [4.78, 5) is 29.3. The van der Waals surface area contributed by atoms with Gasteiger partial charge in [0.15, 0.2) is 5.82 Å². The number of nitrogens with one attached hydrogen (secondary N) is 1. The quantitative estimate of drug-likeness (QED) is 0.781. The Labute approximate surface area is 148 Å². The highest BCUT2D eigenvalue weighted by atomic mass is 32.1. The maximum absolute atomic E-state index is 12.5. The zero-order valence-electron chi connectivity index (χ0n) is 13.6. The smallest absolute Gasteiger partial charge is 0.255 e. The van der Waals surface area contributed by atoms with E-state index in [1.807, 2.05) is 24.4 Å². The number of hydrogen-bond acceptors (Lipinski definition) is 6. The van der Waals surface area contributed by atoms with Crippen LogP contribution >= 0.6 is 22.7 Å². The number of rotatable bonds is 3. The Kier molecular flexibility index (Phi) is 4.07. The molecule has 3 aromatic rings. The molecule has 0 radical (unpaired) electrons. The van der Waals surface area contributed by atoms with Crippen molar-refractivity contribution in [1.82, 2.24) is 19.9 Å². The van der Waals surface area contributed by atoms with E-state index >= 15 is 0 Å². The van der Waals surface area contributed by atoms with Crippen molar-refractivity contribution in [1.29, 1.82) is 0 Å². The lowest BCUT2D eigenvalue weighted by Gasteiger charge is -2.27. The van der Waals surface area contributed by atoms with Gasteiger partial charge in [0, 0.05) is 30.9 Å². The summed E-state index contributed by atoms with van der Waals surface area (Å²) in [6.45, 7) is 6.51. The first-order valence-electron chi connectivity index (χ1n) is 7.91. The Balaban J connectivity index is 1.59. The van der Waals surface area contributed by atoms with Crippen LogP contribution in [0.15, 0.2) is 22.3 Å². The fourth-order valence-corrected chi connectivity index (χ4v) is 4.72. The molecule has 0 saturated carbocycles. The summed E-state index contributed by atoms with van der Waals surface area (Å²) in [6, 6.07) is 3.96. The molecule has 1 aliphatic heterocycles. The van der Waals surface area contributed by atoms with Crippen molar-refractivity contribution in [2.75, 3.05) is 6.54 Å². The third kappa shape index (κ3) is 2.94. The molecule has 5 nitrogen and oxygen atoms in total. The summed E-state index contributed by atoms with van der Waals surface area (Å²) in [5.74, 6) is 0.691. The van der Waals surface area contributed by atoms with Crippen molar-refractivity contribution in [2.24, 2.45) is 0 Å². The molecule has 3 aromatic heterocycles. The largest absolute Gasteiger partial charge is 0.306 e.